The monoisotopic (exact) mass is 243 g/mol. The fourth-order valence-corrected chi connectivity index (χ4v) is 2.13. The highest BCUT2D eigenvalue weighted by atomic mass is 16.3. The van der Waals surface area contributed by atoms with Crippen LogP contribution < -0.4 is 5.32 Å². The molecular weight excluding hydrogens is 218 g/mol. The van der Waals surface area contributed by atoms with E-state index < -0.39 is 6.10 Å². The second-order valence-corrected chi connectivity index (χ2v) is 4.65. The lowest BCUT2D eigenvalue weighted by molar-refractivity contribution is -0.128. The molecule has 2 atom stereocenters. The number of hydrogen-bond donors (Lipinski definition) is 2. The van der Waals surface area contributed by atoms with Crippen LogP contribution in [-0.2, 0) is 4.79 Å². The summed E-state index contributed by atoms with van der Waals surface area (Å²) in [4.78, 5) is 15.5. The maximum absolute atomic E-state index is 11.6. The van der Waals surface area contributed by atoms with Crippen LogP contribution in [-0.4, -0.2) is 72.7 Å². The summed E-state index contributed by atoms with van der Waals surface area (Å²) in [6.07, 6.45) is 0.432. The van der Waals surface area contributed by atoms with Crippen LogP contribution in [0.4, 0.5) is 0 Å². The molecule has 2 N–H and O–H groups in total. The largest absolute Gasteiger partial charge is 0.390 e. The third-order valence-corrected chi connectivity index (χ3v) is 3.39. The van der Waals surface area contributed by atoms with Gasteiger partial charge in [-0.05, 0) is 19.5 Å². The van der Waals surface area contributed by atoms with Crippen LogP contribution in [0.15, 0.2) is 0 Å². The molecule has 100 valence electrons. The Bertz CT molecular complexity index is 244. The second kappa shape index (κ2) is 6.93. The van der Waals surface area contributed by atoms with Crippen molar-refractivity contribution in [2.45, 2.75) is 32.4 Å². The number of nitrogens with zero attached hydrogens (tertiary/aromatic N) is 2. The number of carbonyl (C=O) groups excluding carboxylic acids is 1. The number of likely N-dealkylation sites (N-methyl/N-ethyl adjacent to an activating group) is 2. The van der Waals surface area contributed by atoms with Crippen LogP contribution in [0.1, 0.15) is 20.3 Å². The highest BCUT2D eigenvalue weighted by Gasteiger charge is 2.28. The van der Waals surface area contributed by atoms with E-state index >= 15 is 0 Å². The minimum absolute atomic E-state index is 0.105. The molecule has 1 heterocycles. The lowest BCUT2D eigenvalue weighted by Gasteiger charge is -2.23. The minimum atomic E-state index is -0.409. The summed E-state index contributed by atoms with van der Waals surface area (Å²) in [5, 5.41) is 13.0. The molecule has 0 aromatic carbocycles. The lowest BCUT2D eigenvalue weighted by Crippen LogP contribution is -2.44. The Kier molecular flexibility index (Phi) is 5.88. The molecule has 0 aromatic rings. The van der Waals surface area contributed by atoms with E-state index in [1.165, 1.54) is 0 Å². The van der Waals surface area contributed by atoms with Gasteiger partial charge in [0.2, 0.25) is 5.91 Å². The smallest absolute Gasteiger partial charge is 0.239 e. The molecule has 1 fully saturated rings. The Hall–Kier alpha value is -0.650. The Morgan fingerprint density at radius 1 is 1.53 bits per heavy atom. The predicted molar refractivity (Wildman–Crippen MR) is 67.8 cm³/mol. The van der Waals surface area contributed by atoms with Crippen LogP contribution in [0, 0.1) is 0 Å². The van der Waals surface area contributed by atoms with E-state index in [1.54, 1.807) is 4.90 Å². The molecule has 1 aliphatic heterocycles. The SMILES string of the molecule is CCN(CC)CC(O)CNC1CCN(C)C1=O. The van der Waals surface area contributed by atoms with Crippen LogP contribution in [0.5, 0.6) is 0 Å². The van der Waals surface area contributed by atoms with E-state index in [9.17, 15) is 9.90 Å². The van der Waals surface area contributed by atoms with Gasteiger partial charge in [0.05, 0.1) is 12.1 Å². The zero-order valence-corrected chi connectivity index (χ0v) is 11.1. The lowest BCUT2D eigenvalue weighted by atomic mass is 10.2. The zero-order chi connectivity index (χ0) is 12.8. The van der Waals surface area contributed by atoms with E-state index in [0.717, 1.165) is 26.1 Å². The van der Waals surface area contributed by atoms with Gasteiger partial charge in [-0.3, -0.25) is 4.79 Å². The highest BCUT2D eigenvalue weighted by Crippen LogP contribution is 2.08. The maximum Gasteiger partial charge on any atom is 0.239 e. The van der Waals surface area contributed by atoms with Gasteiger partial charge >= 0.3 is 0 Å². The molecule has 1 rings (SSSR count). The number of likely N-dealkylation sites (tertiary alicyclic amines) is 1. The molecule has 5 heteroatoms. The van der Waals surface area contributed by atoms with Crippen molar-refractivity contribution < 1.29 is 9.90 Å². The minimum Gasteiger partial charge on any atom is -0.390 e. The third-order valence-electron chi connectivity index (χ3n) is 3.39. The zero-order valence-electron chi connectivity index (χ0n) is 11.1. The van der Waals surface area contributed by atoms with Crippen LogP contribution in [0.3, 0.4) is 0 Å². The molecule has 1 aliphatic rings. The molecule has 1 amide bonds. The fourth-order valence-electron chi connectivity index (χ4n) is 2.13. The van der Waals surface area contributed by atoms with E-state index in [0.29, 0.717) is 13.1 Å². The van der Waals surface area contributed by atoms with Gasteiger partial charge in [0.1, 0.15) is 0 Å². The van der Waals surface area contributed by atoms with E-state index in [1.807, 2.05) is 7.05 Å². The quantitative estimate of drug-likeness (QED) is 0.633. The summed E-state index contributed by atoms with van der Waals surface area (Å²) in [7, 11) is 1.82. The topological polar surface area (TPSA) is 55.8 Å². The first-order valence-electron chi connectivity index (χ1n) is 6.47. The average molecular weight is 243 g/mol. The predicted octanol–water partition coefficient (Wildman–Crippen LogP) is -0.491. The van der Waals surface area contributed by atoms with Crippen LogP contribution >= 0.6 is 0 Å². The van der Waals surface area contributed by atoms with E-state index in [-0.39, 0.29) is 11.9 Å². The standard InChI is InChI=1S/C12H25N3O2/c1-4-15(5-2)9-10(16)8-13-11-6-7-14(3)12(11)17/h10-11,13,16H,4-9H2,1-3H3. The number of rotatable bonds is 7. The van der Waals surface area contributed by atoms with Gasteiger partial charge in [0.25, 0.3) is 0 Å². The first-order valence-corrected chi connectivity index (χ1v) is 6.47. The van der Waals surface area contributed by atoms with Gasteiger partial charge in [0.15, 0.2) is 0 Å². The van der Waals surface area contributed by atoms with Gasteiger partial charge < -0.3 is 20.2 Å². The number of aliphatic hydroxyl groups excluding tert-OH is 1. The van der Waals surface area contributed by atoms with Gasteiger partial charge in [-0.1, -0.05) is 13.8 Å². The Labute approximate surface area is 104 Å². The van der Waals surface area contributed by atoms with E-state index in [2.05, 4.69) is 24.1 Å². The number of hydrogen-bond acceptors (Lipinski definition) is 4. The Morgan fingerprint density at radius 3 is 2.65 bits per heavy atom. The molecule has 0 radical (unpaired) electrons. The fraction of sp³-hybridized carbons (Fsp3) is 0.917. The van der Waals surface area contributed by atoms with Gasteiger partial charge in [-0.15, -0.1) is 0 Å². The Balaban J connectivity index is 2.24. The van der Waals surface area contributed by atoms with Crippen LogP contribution in [0.25, 0.3) is 0 Å². The average Bonchev–Trinajstić information content (AvgIpc) is 2.64. The summed E-state index contributed by atoms with van der Waals surface area (Å²) >= 11 is 0. The van der Waals surface area contributed by atoms with E-state index in [4.69, 9.17) is 0 Å². The summed E-state index contributed by atoms with van der Waals surface area (Å²) in [6, 6.07) is -0.105. The molecule has 0 saturated carbocycles. The van der Waals surface area contributed by atoms with Crippen molar-refractivity contribution in [2.75, 3.05) is 39.8 Å². The third kappa shape index (κ3) is 4.26. The van der Waals surface area contributed by atoms with Crippen LogP contribution in [0.2, 0.25) is 0 Å². The van der Waals surface area contributed by atoms with Crippen molar-refractivity contribution in [2.24, 2.45) is 0 Å². The second-order valence-electron chi connectivity index (χ2n) is 4.65. The molecule has 1 saturated heterocycles. The molecule has 0 bridgehead atoms. The van der Waals surface area contributed by atoms with Crippen molar-refractivity contribution in [1.82, 2.24) is 15.1 Å². The Morgan fingerprint density at radius 2 is 2.18 bits per heavy atom. The van der Waals surface area contributed by atoms with Gasteiger partial charge in [-0.2, -0.15) is 0 Å². The number of nitrogens with one attached hydrogen (secondary N) is 1. The van der Waals surface area contributed by atoms with Gasteiger partial charge in [-0.25, -0.2) is 0 Å². The molecule has 0 spiro atoms. The summed E-state index contributed by atoms with van der Waals surface area (Å²) in [6.45, 7) is 8.01. The molecule has 17 heavy (non-hydrogen) atoms. The van der Waals surface area contributed by atoms with Crippen molar-refractivity contribution in [3.05, 3.63) is 0 Å². The summed E-state index contributed by atoms with van der Waals surface area (Å²) in [5.41, 5.74) is 0. The highest BCUT2D eigenvalue weighted by molar-refractivity contribution is 5.83. The molecule has 5 nitrogen and oxygen atoms in total. The number of aliphatic hydroxyl groups is 1. The molecule has 0 aliphatic carbocycles. The van der Waals surface area contributed by atoms with Gasteiger partial charge in [0, 0.05) is 26.7 Å². The molecule has 0 aromatic heterocycles. The normalized spacial score (nSPS) is 22.5. The molecule has 2 unspecified atom stereocenters. The first kappa shape index (κ1) is 14.4. The number of carbonyl (C=O) groups is 1. The maximum atomic E-state index is 11.6. The summed E-state index contributed by atoms with van der Waals surface area (Å²) < 4.78 is 0. The number of amides is 1. The summed E-state index contributed by atoms with van der Waals surface area (Å²) in [5.74, 6) is 0.139. The van der Waals surface area contributed by atoms with Crippen molar-refractivity contribution >= 4 is 5.91 Å². The van der Waals surface area contributed by atoms with Crippen molar-refractivity contribution in [3.63, 3.8) is 0 Å². The molecular formula is C12H25N3O2. The van der Waals surface area contributed by atoms with Crippen molar-refractivity contribution in [3.8, 4) is 0 Å². The van der Waals surface area contributed by atoms with Crippen molar-refractivity contribution in [1.29, 1.82) is 0 Å². The first-order chi connectivity index (χ1) is 8.08.